The molecule has 27 heavy (non-hydrogen) atoms. The van der Waals surface area contributed by atoms with Gasteiger partial charge in [-0.2, -0.15) is 0 Å². The van der Waals surface area contributed by atoms with Gasteiger partial charge in [0.1, 0.15) is 0 Å². The summed E-state index contributed by atoms with van der Waals surface area (Å²) in [6.07, 6.45) is 10.4. The van der Waals surface area contributed by atoms with Gasteiger partial charge >= 0.3 is 0 Å². The maximum Gasteiger partial charge on any atom is 0.0829 e. The van der Waals surface area contributed by atoms with Crippen LogP contribution in [0.2, 0.25) is 0 Å². The Morgan fingerprint density at radius 2 is 1.22 bits per heavy atom. The van der Waals surface area contributed by atoms with E-state index in [4.69, 9.17) is 9.47 Å². The quantitative estimate of drug-likeness (QED) is 0.526. The lowest BCUT2D eigenvalue weighted by atomic mass is 9.71. The number of hydrogen-bond donors (Lipinski definition) is 0. The van der Waals surface area contributed by atoms with Crippen LogP contribution in [0.3, 0.4) is 0 Å². The lowest BCUT2D eigenvalue weighted by Gasteiger charge is -2.47. The summed E-state index contributed by atoms with van der Waals surface area (Å²) < 4.78 is 12.2. The maximum absolute atomic E-state index is 6.11. The average Bonchev–Trinajstić information content (AvgIpc) is 2.39. The topological polar surface area (TPSA) is 21.7 Å². The standard InChI is InChI=1S/C24H45NO2/c1-23(2,3)15-20-13-21(14-20)26-9-7-18-11-19(12-18)8-10-27-22-16-25(17-22)24(4,5)6/h18-22H,7-17H2,1-6H3. The van der Waals surface area contributed by atoms with Gasteiger partial charge in [-0.05, 0) is 88.9 Å². The lowest BCUT2D eigenvalue weighted by molar-refractivity contribution is -0.0939. The van der Waals surface area contributed by atoms with E-state index in [0.717, 1.165) is 44.1 Å². The minimum Gasteiger partial charge on any atom is -0.378 e. The fourth-order valence-corrected chi connectivity index (χ4v) is 5.08. The average molecular weight is 380 g/mol. The van der Waals surface area contributed by atoms with Crippen LogP contribution in [0.25, 0.3) is 0 Å². The fraction of sp³-hybridized carbons (Fsp3) is 1.00. The first-order valence-electron chi connectivity index (χ1n) is 11.6. The summed E-state index contributed by atoms with van der Waals surface area (Å²) in [7, 11) is 0. The van der Waals surface area contributed by atoms with Crippen LogP contribution in [0, 0.1) is 23.2 Å². The highest BCUT2D eigenvalue weighted by Gasteiger charge is 2.36. The Labute approximate surface area is 168 Å². The second-order valence-electron chi connectivity index (χ2n) is 11.9. The van der Waals surface area contributed by atoms with E-state index in [1.807, 2.05) is 0 Å². The number of nitrogens with zero attached hydrogens (tertiary/aromatic N) is 1. The molecule has 0 spiro atoms. The van der Waals surface area contributed by atoms with Crippen molar-refractivity contribution >= 4 is 0 Å². The third-order valence-electron chi connectivity index (χ3n) is 6.98. The molecule has 0 aromatic rings. The third-order valence-corrected chi connectivity index (χ3v) is 6.98. The molecule has 3 heteroatoms. The molecule has 0 N–H and O–H groups in total. The van der Waals surface area contributed by atoms with E-state index in [0.29, 0.717) is 23.2 Å². The van der Waals surface area contributed by atoms with Crippen molar-refractivity contribution in [3.8, 4) is 0 Å². The monoisotopic (exact) mass is 379 g/mol. The zero-order valence-electron chi connectivity index (χ0n) is 18.9. The van der Waals surface area contributed by atoms with Gasteiger partial charge in [-0.15, -0.1) is 0 Å². The molecule has 1 aliphatic heterocycles. The first-order chi connectivity index (χ1) is 12.6. The van der Waals surface area contributed by atoms with Gasteiger partial charge in [0.25, 0.3) is 0 Å². The van der Waals surface area contributed by atoms with Crippen molar-refractivity contribution in [3.63, 3.8) is 0 Å². The van der Waals surface area contributed by atoms with Crippen molar-refractivity contribution in [1.29, 1.82) is 0 Å². The van der Waals surface area contributed by atoms with Gasteiger partial charge in [0, 0.05) is 31.8 Å². The molecule has 0 radical (unpaired) electrons. The number of rotatable bonds is 9. The minimum atomic E-state index is 0.302. The molecule has 1 saturated heterocycles. The number of likely N-dealkylation sites (tertiary alicyclic amines) is 1. The van der Waals surface area contributed by atoms with Crippen LogP contribution in [0.15, 0.2) is 0 Å². The van der Waals surface area contributed by atoms with Gasteiger partial charge in [-0.1, -0.05) is 20.8 Å². The highest BCUT2D eigenvalue weighted by atomic mass is 16.5. The van der Waals surface area contributed by atoms with Crippen LogP contribution in [-0.2, 0) is 9.47 Å². The highest BCUT2D eigenvalue weighted by molar-refractivity contribution is 4.89. The molecule has 0 aromatic carbocycles. The van der Waals surface area contributed by atoms with Crippen LogP contribution in [0.4, 0.5) is 0 Å². The van der Waals surface area contributed by atoms with E-state index in [9.17, 15) is 0 Å². The van der Waals surface area contributed by atoms with Crippen LogP contribution in [0.1, 0.15) is 86.5 Å². The number of hydrogen-bond acceptors (Lipinski definition) is 3. The van der Waals surface area contributed by atoms with Crippen LogP contribution in [-0.4, -0.2) is 49.0 Å². The van der Waals surface area contributed by atoms with Crippen molar-refractivity contribution in [1.82, 2.24) is 4.90 Å². The SMILES string of the molecule is CC(C)(C)CC1CC(OCCC2CC(CCOC3CN(C(C)(C)C)C3)C2)C1. The normalized spacial score (nSPS) is 32.7. The molecule has 0 unspecified atom stereocenters. The summed E-state index contributed by atoms with van der Waals surface area (Å²) in [6, 6.07) is 0. The summed E-state index contributed by atoms with van der Waals surface area (Å²) in [5.74, 6) is 2.74. The van der Waals surface area contributed by atoms with Gasteiger partial charge in [0.15, 0.2) is 0 Å². The molecular formula is C24H45NO2. The van der Waals surface area contributed by atoms with E-state index >= 15 is 0 Å². The van der Waals surface area contributed by atoms with Gasteiger partial charge in [0.2, 0.25) is 0 Å². The van der Waals surface area contributed by atoms with Crippen molar-refractivity contribution in [2.24, 2.45) is 23.2 Å². The van der Waals surface area contributed by atoms with Crippen molar-refractivity contribution in [2.75, 3.05) is 26.3 Å². The molecule has 3 rings (SSSR count). The molecule has 0 atom stereocenters. The summed E-state index contributed by atoms with van der Waals surface area (Å²) in [4.78, 5) is 2.50. The minimum absolute atomic E-state index is 0.302. The van der Waals surface area contributed by atoms with Gasteiger partial charge in [0.05, 0.1) is 12.2 Å². The first-order valence-corrected chi connectivity index (χ1v) is 11.6. The second-order valence-corrected chi connectivity index (χ2v) is 11.9. The molecule has 2 saturated carbocycles. The molecular weight excluding hydrogens is 334 g/mol. The number of ether oxygens (including phenoxy) is 2. The molecule has 3 nitrogen and oxygen atoms in total. The van der Waals surface area contributed by atoms with E-state index in [-0.39, 0.29) is 0 Å². The van der Waals surface area contributed by atoms with Crippen molar-refractivity contribution in [3.05, 3.63) is 0 Å². The molecule has 0 amide bonds. The Hall–Kier alpha value is -0.120. The van der Waals surface area contributed by atoms with Gasteiger partial charge in [-0.3, -0.25) is 4.90 Å². The molecule has 158 valence electrons. The Balaban J connectivity index is 1.12. The van der Waals surface area contributed by atoms with E-state index in [2.05, 4.69) is 46.4 Å². The van der Waals surface area contributed by atoms with Crippen LogP contribution >= 0.6 is 0 Å². The fourth-order valence-electron chi connectivity index (χ4n) is 5.08. The zero-order valence-corrected chi connectivity index (χ0v) is 18.9. The summed E-state index contributed by atoms with van der Waals surface area (Å²) in [5, 5.41) is 0. The van der Waals surface area contributed by atoms with Gasteiger partial charge < -0.3 is 9.47 Å². The lowest BCUT2D eigenvalue weighted by Crippen LogP contribution is -2.59. The van der Waals surface area contributed by atoms with Gasteiger partial charge in [-0.25, -0.2) is 0 Å². The van der Waals surface area contributed by atoms with Crippen molar-refractivity contribution in [2.45, 2.75) is 104 Å². The van der Waals surface area contributed by atoms with Crippen molar-refractivity contribution < 1.29 is 9.47 Å². The zero-order chi connectivity index (χ0) is 19.7. The Kier molecular flexibility index (Phi) is 6.97. The molecule has 0 bridgehead atoms. The predicted octanol–water partition coefficient (Wildman–Crippen LogP) is 5.52. The Morgan fingerprint density at radius 3 is 1.70 bits per heavy atom. The molecule has 3 aliphatic rings. The van der Waals surface area contributed by atoms with E-state index < -0.39 is 0 Å². The largest absolute Gasteiger partial charge is 0.378 e. The molecule has 1 heterocycles. The smallest absolute Gasteiger partial charge is 0.0829 e. The third kappa shape index (κ3) is 6.72. The Bertz CT molecular complexity index is 446. The maximum atomic E-state index is 6.11. The summed E-state index contributed by atoms with van der Waals surface area (Å²) in [5.41, 5.74) is 0.779. The molecule has 0 aromatic heterocycles. The summed E-state index contributed by atoms with van der Waals surface area (Å²) >= 11 is 0. The second kappa shape index (κ2) is 8.71. The Morgan fingerprint density at radius 1 is 0.704 bits per heavy atom. The first kappa shape index (κ1) is 21.6. The van der Waals surface area contributed by atoms with Crippen LogP contribution in [0.5, 0.6) is 0 Å². The molecule has 2 aliphatic carbocycles. The van der Waals surface area contributed by atoms with Crippen LogP contribution < -0.4 is 0 Å². The van der Waals surface area contributed by atoms with E-state index in [1.54, 1.807) is 0 Å². The summed E-state index contributed by atoms with van der Waals surface area (Å²) in [6.45, 7) is 18.1. The van der Waals surface area contributed by atoms with E-state index in [1.165, 1.54) is 44.9 Å². The highest BCUT2D eigenvalue weighted by Crippen LogP contribution is 2.41. The predicted molar refractivity (Wildman–Crippen MR) is 113 cm³/mol. The molecule has 3 fully saturated rings.